The first-order valence-electron chi connectivity index (χ1n) is 8.13. The predicted octanol–water partition coefficient (Wildman–Crippen LogP) is -0.496. The molecule has 0 aromatic carbocycles. The molecule has 4 rings (SSSR count). The molecule has 0 bridgehead atoms. The lowest BCUT2D eigenvalue weighted by Crippen LogP contribution is -2.38. The lowest BCUT2D eigenvalue weighted by atomic mass is 10.3. The van der Waals surface area contributed by atoms with Crippen LogP contribution in [0, 0.1) is 6.92 Å². The van der Waals surface area contributed by atoms with Crippen LogP contribution in [-0.2, 0) is 20.6 Å². The average molecular weight is 368 g/mol. The topological polar surface area (TPSA) is 116 Å². The zero-order valence-corrected chi connectivity index (χ0v) is 14.9. The van der Waals surface area contributed by atoms with Crippen molar-refractivity contribution < 1.29 is 5.11 Å². The first-order valence-corrected chi connectivity index (χ1v) is 8.13. The van der Waals surface area contributed by atoms with Crippen molar-refractivity contribution in [2.24, 2.45) is 14.1 Å². The lowest BCUT2D eigenvalue weighted by molar-refractivity contribution is 0.413. The predicted molar refractivity (Wildman–Crippen MR) is 97.2 cm³/mol. The molecule has 0 spiro atoms. The Morgan fingerprint density at radius 3 is 2.48 bits per heavy atom. The van der Waals surface area contributed by atoms with E-state index in [2.05, 4.69) is 9.97 Å². The third-order valence-electron chi connectivity index (χ3n) is 4.64. The fraction of sp³-hybridized carbons (Fsp3) is 0.235. The van der Waals surface area contributed by atoms with Crippen LogP contribution in [0.25, 0.3) is 16.9 Å². The number of fused-ring (bicyclic) bond motifs is 3. The summed E-state index contributed by atoms with van der Waals surface area (Å²) in [5.74, 6) is -0.211. The SMILES string of the molecule is Cc1c(O)n(Cc2ccccn2)c2nc3c(c(=O)n(C)c(=O)n3C)n2c1=O. The molecule has 0 atom stereocenters. The van der Waals surface area contributed by atoms with Crippen LogP contribution in [0.3, 0.4) is 0 Å². The maximum Gasteiger partial charge on any atom is 0.332 e. The van der Waals surface area contributed by atoms with Gasteiger partial charge in [0.1, 0.15) is 0 Å². The number of hydrogen-bond donors (Lipinski definition) is 1. The molecule has 0 aliphatic carbocycles. The van der Waals surface area contributed by atoms with Crippen molar-refractivity contribution in [1.82, 2.24) is 28.1 Å². The average Bonchev–Trinajstić information content (AvgIpc) is 3.08. The van der Waals surface area contributed by atoms with E-state index in [0.717, 1.165) is 8.97 Å². The molecule has 1 N–H and O–H groups in total. The van der Waals surface area contributed by atoms with Gasteiger partial charge in [-0.15, -0.1) is 0 Å². The molecule has 0 saturated heterocycles. The van der Waals surface area contributed by atoms with Crippen molar-refractivity contribution >= 4 is 16.9 Å². The van der Waals surface area contributed by atoms with Gasteiger partial charge in [0, 0.05) is 20.3 Å². The molecule has 0 aliphatic rings. The maximum absolute atomic E-state index is 12.8. The summed E-state index contributed by atoms with van der Waals surface area (Å²) in [5.41, 5.74) is -1.01. The minimum absolute atomic E-state index is 0.0162. The minimum atomic E-state index is -0.632. The first-order chi connectivity index (χ1) is 12.8. The van der Waals surface area contributed by atoms with E-state index in [-0.39, 0.29) is 34.9 Å². The van der Waals surface area contributed by atoms with Crippen LogP contribution >= 0.6 is 0 Å². The van der Waals surface area contributed by atoms with Gasteiger partial charge in [0.05, 0.1) is 17.8 Å². The van der Waals surface area contributed by atoms with Crippen molar-refractivity contribution in [2.45, 2.75) is 13.5 Å². The maximum atomic E-state index is 12.8. The molecule has 0 saturated carbocycles. The van der Waals surface area contributed by atoms with Crippen LogP contribution in [0.1, 0.15) is 11.3 Å². The molecule has 10 heteroatoms. The molecule has 0 radical (unpaired) electrons. The standard InChI is InChI=1S/C17H16N6O4/c1-9-13(24)22(8-10-6-4-5-7-18-10)16-19-12-11(23(16)14(9)25)15(26)21(3)17(27)20(12)2/h4-7,24H,8H2,1-3H3. The summed E-state index contributed by atoms with van der Waals surface area (Å²) in [5, 5.41) is 10.5. The molecule has 4 aromatic heterocycles. The number of rotatable bonds is 2. The summed E-state index contributed by atoms with van der Waals surface area (Å²) in [6, 6.07) is 5.33. The number of imidazole rings is 1. The summed E-state index contributed by atoms with van der Waals surface area (Å²) in [6.45, 7) is 1.60. The third kappa shape index (κ3) is 2.23. The van der Waals surface area contributed by atoms with Gasteiger partial charge in [-0.2, -0.15) is 4.98 Å². The molecule has 27 heavy (non-hydrogen) atoms. The van der Waals surface area contributed by atoms with Gasteiger partial charge in [-0.05, 0) is 19.1 Å². The number of nitrogens with zero attached hydrogens (tertiary/aromatic N) is 6. The number of hydrogen-bond acceptors (Lipinski definition) is 6. The Hall–Kier alpha value is -3.69. The molecule has 0 unspecified atom stereocenters. The third-order valence-corrected chi connectivity index (χ3v) is 4.64. The molecule has 4 aromatic rings. The second-order valence-corrected chi connectivity index (χ2v) is 6.29. The summed E-state index contributed by atoms with van der Waals surface area (Å²) in [6.07, 6.45) is 1.61. The van der Waals surface area contributed by atoms with Crippen molar-refractivity contribution in [3.8, 4) is 5.88 Å². The van der Waals surface area contributed by atoms with E-state index in [1.165, 1.54) is 30.2 Å². The van der Waals surface area contributed by atoms with E-state index in [1.807, 2.05) is 0 Å². The molecular weight excluding hydrogens is 352 g/mol. The van der Waals surface area contributed by atoms with Gasteiger partial charge in [-0.25, -0.2) is 9.20 Å². The number of aromatic nitrogens is 6. The zero-order chi connectivity index (χ0) is 19.5. The monoisotopic (exact) mass is 368 g/mol. The van der Waals surface area contributed by atoms with Crippen molar-refractivity contribution in [3.63, 3.8) is 0 Å². The van der Waals surface area contributed by atoms with Crippen LogP contribution in [0.15, 0.2) is 38.8 Å². The minimum Gasteiger partial charge on any atom is -0.494 e. The molecule has 4 heterocycles. The molecule has 0 amide bonds. The van der Waals surface area contributed by atoms with Gasteiger partial charge in [-0.1, -0.05) is 6.07 Å². The van der Waals surface area contributed by atoms with Crippen LogP contribution < -0.4 is 16.8 Å². The van der Waals surface area contributed by atoms with Crippen LogP contribution in [0.2, 0.25) is 0 Å². The van der Waals surface area contributed by atoms with Crippen molar-refractivity contribution in [3.05, 3.63) is 66.8 Å². The van der Waals surface area contributed by atoms with Gasteiger partial charge < -0.3 is 5.11 Å². The largest absolute Gasteiger partial charge is 0.494 e. The Balaban J connectivity index is 2.22. The molecular formula is C17H16N6O4. The number of pyridine rings is 1. The van der Waals surface area contributed by atoms with Gasteiger partial charge in [0.15, 0.2) is 11.2 Å². The second-order valence-electron chi connectivity index (χ2n) is 6.29. The highest BCUT2D eigenvalue weighted by Crippen LogP contribution is 2.20. The van der Waals surface area contributed by atoms with E-state index in [0.29, 0.717) is 5.69 Å². The fourth-order valence-corrected chi connectivity index (χ4v) is 3.12. The molecule has 10 nitrogen and oxygen atoms in total. The highest BCUT2D eigenvalue weighted by molar-refractivity contribution is 5.75. The summed E-state index contributed by atoms with van der Waals surface area (Å²) in [7, 11) is 2.81. The van der Waals surface area contributed by atoms with Gasteiger partial charge >= 0.3 is 5.69 Å². The first kappa shape index (κ1) is 16.8. The molecule has 0 fully saturated rings. The summed E-state index contributed by atoms with van der Waals surface area (Å²) < 4.78 is 4.64. The van der Waals surface area contributed by atoms with Crippen molar-refractivity contribution in [2.75, 3.05) is 0 Å². The lowest BCUT2D eigenvalue weighted by Gasteiger charge is -2.12. The number of aryl methyl sites for hydroxylation is 1. The van der Waals surface area contributed by atoms with Crippen LogP contribution in [0.5, 0.6) is 5.88 Å². The quantitative estimate of drug-likeness (QED) is 0.510. The van der Waals surface area contributed by atoms with Gasteiger partial charge in [0.25, 0.3) is 11.1 Å². The van der Waals surface area contributed by atoms with E-state index in [9.17, 15) is 19.5 Å². The Kier molecular flexibility index (Phi) is 3.51. The molecule has 0 aliphatic heterocycles. The van der Waals surface area contributed by atoms with E-state index >= 15 is 0 Å². The smallest absolute Gasteiger partial charge is 0.332 e. The highest BCUT2D eigenvalue weighted by Gasteiger charge is 2.22. The number of aromatic hydroxyl groups is 1. The highest BCUT2D eigenvalue weighted by atomic mass is 16.3. The Morgan fingerprint density at radius 2 is 1.81 bits per heavy atom. The normalized spacial score (nSPS) is 11.5. The molecule has 138 valence electrons. The Morgan fingerprint density at radius 1 is 1.07 bits per heavy atom. The summed E-state index contributed by atoms with van der Waals surface area (Å²) >= 11 is 0. The van der Waals surface area contributed by atoms with Crippen LogP contribution in [-0.4, -0.2) is 33.2 Å². The second kappa shape index (κ2) is 5.66. The fourth-order valence-electron chi connectivity index (χ4n) is 3.12. The zero-order valence-electron chi connectivity index (χ0n) is 14.9. The van der Waals surface area contributed by atoms with Crippen molar-refractivity contribution in [1.29, 1.82) is 0 Å². The van der Waals surface area contributed by atoms with E-state index in [1.54, 1.807) is 24.4 Å². The Labute approximate surface area is 151 Å². The van der Waals surface area contributed by atoms with Gasteiger partial charge in [0.2, 0.25) is 11.7 Å². The Bertz CT molecular complexity index is 1390. The van der Waals surface area contributed by atoms with E-state index < -0.39 is 16.8 Å². The van der Waals surface area contributed by atoms with E-state index in [4.69, 9.17) is 0 Å². The van der Waals surface area contributed by atoms with Gasteiger partial charge in [-0.3, -0.25) is 28.3 Å². The van der Waals surface area contributed by atoms with Crippen LogP contribution in [0.4, 0.5) is 0 Å². The summed E-state index contributed by atoms with van der Waals surface area (Å²) in [4.78, 5) is 46.2.